The molecule has 0 aromatic rings. The van der Waals surface area contributed by atoms with Crippen molar-refractivity contribution in [2.24, 2.45) is 0 Å². The number of carbonyl (C=O) groups is 1. The number of aliphatic hydroxyl groups excluding tert-OH is 1. The number of hydrogen-bond donors (Lipinski definition) is 1. The van der Waals surface area contributed by atoms with Crippen molar-refractivity contribution in [3.63, 3.8) is 0 Å². The standard InChI is InChI=1S/C11H21NO4/c1-10(2,3)16-9(14)12-6-8(13)11(4,7-12)15-5/h8,13H,6-7H2,1-5H3. The summed E-state index contributed by atoms with van der Waals surface area (Å²) in [7, 11) is 1.53. The Kier molecular flexibility index (Phi) is 3.50. The predicted molar refractivity (Wildman–Crippen MR) is 59.2 cm³/mol. The molecule has 94 valence electrons. The highest BCUT2D eigenvalue weighted by molar-refractivity contribution is 5.68. The van der Waals surface area contributed by atoms with Crippen LogP contribution in [-0.4, -0.2) is 53.6 Å². The number of hydrogen-bond acceptors (Lipinski definition) is 4. The fraction of sp³-hybridized carbons (Fsp3) is 0.909. The van der Waals surface area contributed by atoms with Crippen molar-refractivity contribution < 1.29 is 19.4 Å². The first-order valence-electron chi connectivity index (χ1n) is 5.39. The molecular formula is C11H21NO4. The van der Waals surface area contributed by atoms with Crippen LogP contribution < -0.4 is 0 Å². The molecule has 0 aromatic heterocycles. The Morgan fingerprint density at radius 3 is 2.44 bits per heavy atom. The van der Waals surface area contributed by atoms with E-state index in [0.29, 0.717) is 6.54 Å². The normalized spacial score (nSPS) is 30.6. The van der Waals surface area contributed by atoms with Crippen LogP contribution in [0.2, 0.25) is 0 Å². The zero-order chi connectivity index (χ0) is 12.6. The first kappa shape index (κ1) is 13.3. The van der Waals surface area contributed by atoms with Crippen molar-refractivity contribution in [2.45, 2.75) is 45.0 Å². The summed E-state index contributed by atoms with van der Waals surface area (Å²) < 4.78 is 10.5. The molecule has 1 fully saturated rings. The van der Waals surface area contributed by atoms with Gasteiger partial charge >= 0.3 is 6.09 Å². The molecule has 1 saturated heterocycles. The summed E-state index contributed by atoms with van der Waals surface area (Å²) >= 11 is 0. The Labute approximate surface area is 96.3 Å². The number of aliphatic hydroxyl groups is 1. The number of rotatable bonds is 1. The Morgan fingerprint density at radius 2 is 2.06 bits per heavy atom. The quantitative estimate of drug-likeness (QED) is 0.731. The van der Waals surface area contributed by atoms with E-state index < -0.39 is 23.4 Å². The Morgan fingerprint density at radius 1 is 1.50 bits per heavy atom. The fourth-order valence-electron chi connectivity index (χ4n) is 1.62. The monoisotopic (exact) mass is 231 g/mol. The molecule has 0 bridgehead atoms. The van der Waals surface area contributed by atoms with Crippen LogP contribution in [0.25, 0.3) is 0 Å². The van der Waals surface area contributed by atoms with Crippen molar-refractivity contribution in [3.8, 4) is 0 Å². The molecule has 1 rings (SSSR count). The summed E-state index contributed by atoms with van der Waals surface area (Å²) in [6.45, 7) is 7.81. The van der Waals surface area contributed by atoms with Gasteiger partial charge in [-0.15, -0.1) is 0 Å². The van der Waals surface area contributed by atoms with Gasteiger partial charge in [0.05, 0.1) is 13.1 Å². The summed E-state index contributed by atoms with van der Waals surface area (Å²) in [5, 5.41) is 9.79. The van der Waals surface area contributed by atoms with Crippen LogP contribution in [0.5, 0.6) is 0 Å². The SMILES string of the molecule is COC1(C)CN(C(=O)OC(C)(C)C)CC1O. The van der Waals surface area contributed by atoms with E-state index in [4.69, 9.17) is 9.47 Å². The lowest BCUT2D eigenvalue weighted by atomic mass is 10.0. The molecule has 0 aromatic carbocycles. The van der Waals surface area contributed by atoms with Gasteiger partial charge in [0.1, 0.15) is 17.3 Å². The summed E-state index contributed by atoms with van der Waals surface area (Å²) in [4.78, 5) is 13.2. The van der Waals surface area contributed by atoms with Crippen LogP contribution >= 0.6 is 0 Å². The summed E-state index contributed by atoms with van der Waals surface area (Å²) in [5.41, 5.74) is -1.22. The van der Waals surface area contributed by atoms with Crippen molar-refractivity contribution in [1.82, 2.24) is 4.90 Å². The maximum Gasteiger partial charge on any atom is 0.410 e. The molecular weight excluding hydrogens is 210 g/mol. The predicted octanol–water partition coefficient (Wildman–Crippen LogP) is 1.00. The van der Waals surface area contributed by atoms with E-state index in [0.717, 1.165) is 0 Å². The second-order valence-electron chi connectivity index (χ2n) is 5.39. The average molecular weight is 231 g/mol. The van der Waals surface area contributed by atoms with Gasteiger partial charge in [0, 0.05) is 7.11 Å². The summed E-state index contributed by atoms with van der Waals surface area (Å²) in [5.74, 6) is 0. The van der Waals surface area contributed by atoms with Gasteiger partial charge in [-0.3, -0.25) is 0 Å². The van der Waals surface area contributed by atoms with Gasteiger partial charge in [0.15, 0.2) is 0 Å². The largest absolute Gasteiger partial charge is 0.444 e. The molecule has 0 aliphatic carbocycles. The minimum atomic E-state index is -0.698. The number of nitrogens with zero attached hydrogens (tertiary/aromatic N) is 1. The van der Waals surface area contributed by atoms with Crippen molar-refractivity contribution in [3.05, 3.63) is 0 Å². The van der Waals surface area contributed by atoms with Crippen molar-refractivity contribution >= 4 is 6.09 Å². The summed E-state index contributed by atoms with van der Waals surface area (Å²) in [6.07, 6.45) is -1.09. The smallest absolute Gasteiger partial charge is 0.410 e. The molecule has 16 heavy (non-hydrogen) atoms. The first-order valence-corrected chi connectivity index (χ1v) is 5.39. The van der Waals surface area contributed by atoms with E-state index >= 15 is 0 Å². The highest BCUT2D eigenvalue weighted by atomic mass is 16.6. The fourth-order valence-corrected chi connectivity index (χ4v) is 1.62. The molecule has 1 N–H and O–H groups in total. The third-order valence-electron chi connectivity index (χ3n) is 2.72. The van der Waals surface area contributed by atoms with Crippen LogP contribution in [0, 0.1) is 0 Å². The number of methoxy groups -OCH3 is 1. The maximum absolute atomic E-state index is 11.7. The van der Waals surface area contributed by atoms with Gasteiger partial charge in [-0.05, 0) is 27.7 Å². The maximum atomic E-state index is 11.7. The van der Waals surface area contributed by atoms with Crippen LogP contribution in [0.1, 0.15) is 27.7 Å². The second-order valence-corrected chi connectivity index (χ2v) is 5.39. The van der Waals surface area contributed by atoms with Crippen LogP contribution in [-0.2, 0) is 9.47 Å². The molecule has 2 atom stereocenters. The number of carbonyl (C=O) groups excluding carboxylic acids is 1. The number of likely N-dealkylation sites (tertiary alicyclic amines) is 1. The van der Waals surface area contributed by atoms with Gasteiger partial charge in [-0.25, -0.2) is 4.79 Å². The zero-order valence-electron chi connectivity index (χ0n) is 10.6. The molecule has 0 saturated carbocycles. The number of β-amino-alcohol motifs (C(OH)–C–C–N with tert-alkyl or cyclic N) is 1. The lowest BCUT2D eigenvalue weighted by molar-refractivity contribution is -0.0590. The minimum Gasteiger partial charge on any atom is -0.444 e. The molecule has 1 aliphatic rings. The van der Waals surface area contributed by atoms with Gasteiger partial charge < -0.3 is 19.5 Å². The van der Waals surface area contributed by atoms with Gasteiger partial charge in [-0.2, -0.15) is 0 Å². The third kappa shape index (κ3) is 2.86. The average Bonchev–Trinajstić information content (AvgIpc) is 2.41. The number of ether oxygens (including phenoxy) is 2. The van der Waals surface area contributed by atoms with E-state index in [1.165, 1.54) is 12.0 Å². The molecule has 1 amide bonds. The highest BCUT2D eigenvalue weighted by Gasteiger charge is 2.45. The van der Waals surface area contributed by atoms with Gasteiger partial charge in [0.2, 0.25) is 0 Å². The molecule has 5 nitrogen and oxygen atoms in total. The molecule has 5 heteroatoms. The van der Waals surface area contributed by atoms with E-state index in [2.05, 4.69) is 0 Å². The molecule has 0 spiro atoms. The Hall–Kier alpha value is -0.810. The van der Waals surface area contributed by atoms with E-state index in [-0.39, 0.29) is 6.54 Å². The number of amides is 1. The molecule has 1 heterocycles. The molecule has 1 aliphatic heterocycles. The first-order chi connectivity index (χ1) is 7.18. The van der Waals surface area contributed by atoms with Crippen LogP contribution in [0.3, 0.4) is 0 Å². The van der Waals surface area contributed by atoms with E-state index in [1.807, 2.05) is 20.8 Å². The lowest BCUT2D eigenvalue weighted by Crippen LogP contribution is -2.41. The van der Waals surface area contributed by atoms with Crippen molar-refractivity contribution in [2.75, 3.05) is 20.2 Å². The van der Waals surface area contributed by atoms with E-state index in [9.17, 15) is 9.90 Å². The Bertz CT molecular complexity index is 274. The topological polar surface area (TPSA) is 59.0 Å². The summed E-state index contributed by atoms with van der Waals surface area (Å²) in [6, 6.07) is 0. The van der Waals surface area contributed by atoms with Gasteiger partial charge in [0.25, 0.3) is 0 Å². The van der Waals surface area contributed by atoms with Crippen molar-refractivity contribution in [1.29, 1.82) is 0 Å². The van der Waals surface area contributed by atoms with Crippen LogP contribution in [0.15, 0.2) is 0 Å². The lowest BCUT2D eigenvalue weighted by Gasteiger charge is -2.26. The Balaban J connectivity index is 2.62. The highest BCUT2D eigenvalue weighted by Crippen LogP contribution is 2.26. The van der Waals surface area contributed by atoms with Gasteiger partial charge in [-0.1, -0.05) is 0 Å². The third-order valence-corrected chi connectivity index (χ3v) is 2.72. The minimum absolute atomic E-state index is 0.249. The second kappa shape index (κ2) is 4.22. The van der Waals surface area contributed by atoms with E-state index in [1.54, 1.807) is 6.92 Å². The molecule has 2 unspecified atom stereocenters. The van der Waals surface area contributed by atoms with Crippen LogP contribution in [0.4, 0.5) is 4.79 Å². The molecule has 0 radical (unpaired) electrons. The zero-order valence-corrected chi connectivity index (χ0v) is 10.6.